The molecule has 0 unspecified atom stereocenters. The molecule has 0 atom stereocenters. The van der Waals surface area contributed by atoms with E-state index in [2.05, 4.69) is 34.5 Å². The van der Waals surface area contributed by atoms with Crippen LogP contribution in [-0.4, -0.2) is 62.6 Å². The number of thiazole rings is 1. The van der Waals surface area contributed by atoms with Crippen LogP contribution in [0.5, 0.6) is 0 Å². The molecule has 156 valence electrons. The third-order valence-corrected chi connectivity index (χ3v) is 6.98. The fourth-order valence-electron chi connectivity index (χ4n) is 2.90. The van der Waals surface area contributed by atoms with Crippen molar-refractivity contribution in [2.75, 3.05) is 39.0 Å². The van der Waals surface area contributed by atoms with Crippen molar-refractivity contribution in [2.24, 2.45) is 10.9 Å². The second-order valence-electron chi connectivity index (χ2n) is 6.58. The highest BCUT2D eigenvalue weighted by atomic mass is 127. The number of aromatic nitrogens is 1. The molecule has 0 radical (unpaired) electrons. The third kappa shape index (κ3) is 8.61. The highest BCUT2D eigenvalue weighted by molar-refractivity contribution is 14.0. The normalized spacial score (nSPS) is 16.8. The molecule has 1 aromatic heterocycles. The summed E-state index contributed by atoms with van der Waals surface area (Å²) in [6.45, 7) is 7.75. The van der Waals surface area contributed by atoms with Crippen molar-refractivity contribution in [2.45, 2.75) is 39.5 Å². The van der Waals surface area contributed by atoms with Crippen molar-refractivity contribution in [3.05, 3.63) is 16.1 Å². The number of guanidine groups is 1. The minimum Gasteiger partial charge on any atom is -0.357 e. The topological polar surface area (TPSA) is 86.7 Å². The van der Waals surface area contributed by atoms with E-state index in [1.165, 1.54) is 11.1 Å². The third-order valence-electron chi connectivity index (χ3n) is 4.48. The fourth-order valence-corrected chi connectivity index (χ4v) is 4.64. The maximum absolute atomic E-state index is 11.6. The molecule has 7 nitrogen and oxygen atoms in total. The van der Waals surface area contributed by atoms with Gasteiger partial charge in [0.15, 0.2) is 5.96 Å². The van der Waals surface area contributed by atoms with E-state index in [-0.39, 0.29) is 24.0 Å². The van der Waals surface area contributed by atoms with Gasteiger partial charge in [-0.1, -0.05) is 6.92 Å². The number of hydrogen-bond acceptors (Lipinski definition) is 5. The van der Waals surface area contributed by atoms with Crippen LogP contribution in [0, 0.1) is 5.92 Å². The molecule has 1 aromatic rings. The van der Waals surface area contributed by atoms with Crippen LogP contribution < -0.4 is 10.6 Å². The standard InChI is InChI=1S/C17H31N5O2S2.HI/c1-4-15-13-20-16(25-15)6-9-19-17(18-5-2)21-12-14-7-10-22(11-8-14)26(3,23)24;/h13-14H,4-12H2,1-3H3,(H2,18,19,21);1H. The van der Waals surface area contributed by atoms with E-state index < -0.39 is 10.0 Å². The molecule has 1 aliphatic rings. The molecule has 0 bridgehead atoms. The van der Waals surface area contributed by atoms with Gasteiger partial charge >= 0.3 is 0 Å². The largest absolute Gasteiger partial charge is 0.357 e. The molecule has 2 heterocycles. The molecule has 1 aliphatic heterocycles. The Balaban J connectivity index is 0.00000364. The SMILES string of the molecule is CCNC(=NCC1CCN(S(C)(=O)=O)CC1)NCCc1ncc(CC)s1.I. The van der Waals surface area contributed by atoms with E-state index in [4.69, 9.17) is 0 Å². The van der Waals surface area contributed by atoms with Crippen molar-refractivity contribution >= 4 is 51.3 Å². The maximum atomic E-state index is 11.6. The van der Waals surface area contributed by atoms with E-state index in [1.54, 1.807) is 15.6 Å². The van der Waals surface area contributed by atoms with Gasteiger partial charge < -0.3 is 10.6 Å². The summed E-state index contributed by atoms with van der Waals surface area (Å²) in [5.41, 5.74) is 0. The molecule has 1 saturated heterocycles. The molecule has 1 fully saturated rings. The van der Waals surface area contributed by atoms with E-state index in [9.17, 15) is 8.42 Å². The molecule has 10 heteroatoms. The highest BCUT2D eigenvalue weighted by Crippen LogP contribution is 2.19. The first kappa shape index (κ1) is 24.6. The first-order valence-corrected chi connectivity index (χ1v) is 12.0. The Morgan fingerprint density at radius 2 is 2.04 bits per heavy atom. The van der Waals surface area contributed by atoms with E-state index in [0.29, 0.717) is 19.0 Å². The summed E-state index contributed by atoms with van der Waals surface area (Å²) in [5.74, 6) is 1.26. The summed E-state index contributed by atoms with van der Waals surface area (Å²) in [6.07, 6.45) is 6.91. The summed E-state index contributed by atoms with van der Waals surface area (Å²) in [7, 11) is -3.06. The average Bonchev–Trinajstić information content (AvgIpc) is 3.07. The number of piperidine rings is 1. The van der Waals surface area contributed by atoms with Gasteiger partial charge in [0.05, 0.1) is 11.3 Å². The van der Waals surface area contributed by atoms with Crippen LogP contribution in [0.25, 0.3) is 0 Å². The zero-order chi connectivity index (χ0) is 19.0. The zero-order valence-corrected chi connectivity index (χ0v) is 20.4. The van der Waals surface area contributed by atoms with Crippen LogP contribution in [0.2, 0.25) is 0 Å². The Morgan fingerprint density at radius 1 is 1.33 bits per heavy atom. The lowest BCUT2D eigenvalue weighted by Crippen LogP contribution is -2.40. The molecule has 0 aliphatic carbocycles. The van der Waals surface area contributed by atoms with Crippen LogP contribution in [0.3, 0.4) is 0 Å². The minimum atomic E-state index is -3.06. The van der Waals surface area contributed by atoms with Crippen LogP contribution >= 0.6 is 35.3 Å². The first-order valence-electron chi connectivity index (χ1n) is 9.33. The van der Waals surface area contributed by atoms with Gasteiger partial charge in [0, 0.05) is 50.2 Å². The Morgan fingerprint density at radius 3 is 2.59 bits per heavy atom. The van der Waals surface area contributed by atoms with E-state index >= 15 is 0 Å². The molecular formula is C17H32IN5O2S2. The minimum absolute atomic E-state index is 0. The van der Waals surface area contributed by atoms with Gasteiger partial charge in [-0.15, -0.1) is 35.3 Å². The number of halogens is 1. The van der Waals surface area contributed by atoms with Crippen molar-refractivity contribution in [1.82, 2.24) is 19.9 Å². The van der Waals surface area contributed by atoms with Gasteiger partial charge in [0.1, 0.15) is 0 Å². The number of nitrogens with one attached hydrogen (secondary N) is 2. The Hall–Kier alpha value is -0.460. The predicted molar refractivity (Wildman–Crippen MR) is 124 cm³/mol. The molecule has 2 rings (SSSR count). The number of aryl methyl sites for hydroxylation is 1. The summed E-state index contributed by atoms with van der Waals surface area (Å²) in [4.78, 5) is 10.4. The predicted octanol–water partition coefficient (Wildman–Crippen LogP) is 2.09. The lowest BCUT2D eigenvalue weighted by molar-refractivity contribution is 0.280. The molecule has 0 aromatic carbocycles. The van der Waals surface area contributed by atoms with Crippen molar-refractivity contribution < 1.29 is 8.42 Å². The molecular weight excluding hydrogens is 497 g/mol. The van der Waals surface area contributed by atoms with E-state index in [1.807, 2.05) is 6.20 Å². The number of sulfonamides is 1. The first-order chi connectivity index (χ1) is 12.4. The Kier molecular flexibility index (Phi) is 11.1. The number of rotatable bonds is 8. The Labute approximate surface area is 184 Å². The van der Waals surface area contributed by atoms with Crippen molar-refractivity contribution in [3.8, 4) is 0 Å². The van der Waals surface area contributed by atoms with Gasteiger partial charge in [-0.05, 0) is 32.1 Å². The smallest absolute Gasteiger partial charge is 0.211 e. The van der Waals surface area contributed by atoms with Gasteiger partial charge in [-0.25, -0.2) is 17.7 Å². The fraction of sp³-hybridized carbons (Fsp3) is 0.765. The monoisotopic (exact) mass is 529 g/mol. The lowest BCUT2D eigenvalue weighted by atomic mass is 9.98. The van der Waals surface area contributed by atoms with Gasteiger partial charge in [0.25, 0.3) is 0 Å². The van der Waals surface area contributed by atoms with Gasteiger partial charge in [-0.3, -0.25) is 4.99 Å². The molecule has 27 heavy (non-hydrogen) atoms. The van der Waals surface area contributed by atoms with Crippen molar-refractivity contribution in [3.63, 3.8) is 0 Å². The second kappa shape index (κ2) is 12.2. The molecule has 0 amide bonds. The van der Waals surface area contributed by atoms with Crippen LogP contribution in [-0.2, 0) is 22.9 Å². The van der Waals surface area contributed by atoms with Crippen LogP contribution in [0.1, 0.15) is 36.6 Å². The average molecular weight is 530 g/mol. The zero-order valence-electron chi connectivity index (χ0n) is 16.4. The summed E-state index contributed by atoms with van der Waals surface area (Å²) in [6, 6.07) is 0. The van der Waals surface area contributed by atoms with Crippen LogP contribution in [0.15, 0.2) is 11.2 Å². The highest BCUT2D eigenvalue weighted by Gasteiger charge is 2.24. The second-order valence-corrected chi connectivity index (χ2v) is 9.76. The summed E-state index contributed by atoms with van der Waals surface area (Å²) < 4.78 is 24.7. The number of hydrogen-bond donors (Lipinski definition) is 2. The summed E-state index contributed by atoms with van der Waals surface area (Å²) in [5, 5.41) is 7.79. The summed E-state index contributed by atoms with van der Waals surface area (Å²) >= 11 is 1.77. The van der Waals surface area contributed by atoms with Gasteiger partial charge in [-0.2, -0.15) is 0 Å². The molecule has 0 spiro atoms. The van der Waals surface area contributed by atoms with Crippen molar-refractivity contribution in [1.29, 1.82) is 0 Å². The molecule has 0 saturated carbocycles. The number of aliphatic imine (C=N–C) groups is 1. The van der Waals surface area contributed by atoms with E-state index in [0.717, 1.165) is 56.3 Å². The molecule has 2 N–H and O–H groups in total. The number of nitrogens with zero attached hydrogens (tertiary/aromatic N) is 3. The maximum Gasteiger partial charge on any atom is 0.211 e. The van der Waals surface area contributed by atoms with Gasteiger partial charge in [0.2, 0.25) is 10.0 Å². The quantitative estimate of drug-likeness (QED) is 0.306. The van der Waals surface area contributed by atoms with Crippen LogP contribution in [0.4, 0.5) is 0 Å². The lowest BCUT2D eigenvalue weighted by Gasteiger charge is -2.29. The Bertz CT molecular complexity index is 685.